The van der Waals surface area contributed by atoms with Crippen LogP contribution < -0.4 is 11.1 Å². The number of carbonyl (C=O) groups is 1. The smallest absolute Gasteiger partial charge is 0.266 e. The zero-order valence-corrected chi connectivity index (χ0v) is 11.1. The number of thiophene rings is 1. The summed E-state index contributed by atoms with van der Waals surface area (Å²) >= 11 is 1.24. The van der Waals surface area contributed by atoms with E-state index in [0.717, 1.165) is 10.1 Å². The first-order chi connectivity index (χ1) is 9.61. The van der Waals surface area contributed by atoms with Crippen LogP contribution >= 0.6 is 11.3 Å². The van der Waals surface area contributed by atoms with Gasteiger partial charge in [0.15, 0.2) is 0 Å². The van der Waals surface area contributed by atoms with Crippen LogP contribution in [-0.4, -0.2) is 10.9 Å². The Morgan fingerprint density at radius 2 is 2.10 bits per heavy atom. The number of hydrogen-bond acceptors (Lipinski definition) is 4. The molecule has 0 saturated carbocycles. The zero-order valence-electron chi connectivity index (χ0n) is 10.3. The molecule has 0 unspecified atom stereocenters. The van der Waals surface area contributed by atoms with Crippen molar-refractivity contribution in [3.63, 3.8) is 0 Å². The normalized spacial score (nSPS) is 10.7. The van der Waals surface area contributed by atoms with Gasteiger partial charge in [-0.3, -0.25) is 4.79 Å². The van der Waals surface area contributed by atoms with Crippen LogP contribution in [0.3, 0.4) is 0 Å². The molecule has 0 fully saturated rings. The van der Waals surface area contributed by atoms with Gasteiger partial charge in [-0.25, -0.2) is 9.37 Å². The van der Waals surface area contributed by atoms with E-state index in [9.17, 15) is 9.18 Å². The summed E-state index contributed by atoms with van der Waals surface area (Å²) in [5, 5.41) is 3.51. The molecule has 2 aromatic heterocycles. The quantitative estimate of drug-likeness (QED) is 0.760. The second kappa shape index (κ2) is 4.90. The lowest BCUT2D eigenvalue weighted by molar-refractivity contribution is 0.103. The lowest BCUT2D eigenvalue weighted by atomic mass is 10.2. The van der Waals surface area contributed by atoms with Gasteiger partial charge in [0, 0.05) is 4.70 Å². The molecule has 0 aliphatic heterocycles. The Balaban J connectivity index is 1.86. The number of pyridine rings is 1. The summed E-state index contributed by atoms with van der Waals surface area (Å²) in [6.07, 6.45) is 1.47. The third-order valence-corrected chi connectivity index (χ3v) is 3.83. The van der Waals surface area contributed by atoms with Crippen molar-refractivity contribution in [1.82, 2.24) is 4.98 Å². The molecule has 3 rings (SSSR count). The molecule has 1 amide bonds. The highest BCUT2D eigenvalue weighted by molar-refractivity contribution is 7.20. The third kappa shape index (κ3) is 2.46. The van der Waals surface area contributed by atoms with E-state index in [0.29, 0.717) is 16.4 Å². The highest BCUT2D eigenvalue weighted by Crippen LogP contribution is 2.26. The summed E-state index contributed by atoms with van der Waals surface area (Å²) < 4.78 is 13.9. The van der Waals surface area contributed by atoms with Crippen molar-refractivity contribution < 1.29 is 9.18 Å². The topological polar surface area (TPSA) is 68.0 Å². The minimum absolute atomic E-state index is 0.274. The minimum atomic E-state index is -0.313. The van der Waals surface area contributed by atoms with Gasteiger partial charge in [0.2, 0.25) is 0 Å². The molecule has 3 N–H and O–H groups in total. The highest BCUT2D eigenvalue weighted by atomic mass is 32.1. The molecule has 0 aliphatic carbocycles. The van der Waals surface area contributed by atoms with Gasteiger partial charge in [-0.05, 0) is 35.7 Å². The number of nitrogens with two attached hydrogens (primary N) is 1. The number of amides is 1. The molecule has 0 atom stereocenters. The SMILES string of the molecule is Nc1ccc(NC(=O)c2cc3ccc(F)cc3s2)nc1. The molecular formula is C14H10FN3OS. The van der Waals surface area contributed by atoms with E-state index in [4.69, 9.17) is 5.73 Å². The minimum Gasteiger partial charge on any atom is -0.397 e. The fraction of sp³-hybridized carbons (Fsp3) is 0. The van der Waals surface area contributed by atoms with Gasteiger partial charge >= 0.3 is 0 Å². The van der Waals surface area contributed by atoms with Crippen molar-refractivity contribution in [2.75, 3.05) is 11.1 Å². The average molecular weight is 287 g/mol. The predicted octanol–water partition coefficient (Wildman–Crippen LogP) is 3.27. The molecule has 2 heterocycles. The Morgan fingerprint density at radius 1 is 1.25 bits per heavy atom. The number of rotatable bonds is 2. The van der Waals surface area contributed by atoms with E-state index in [1.165, 1.54) is 29.7 Å². The fourth-order valence-electron chi connectivity index (χ4n) is 1.77. The van der Waals surface area contributed by atoms with Crippen LogP contribution in [0.4, 0.5) is 15.9 Å². The summed E-state index contributed by atoms with van der Waals surface area (Å²) in [6, 6.07) is 9.45. The number of hydrogen-bond donors (Lipinski definition) is 2. The van der Waals surface area contributed by atoms with Gasteiger partial charge in [0.05, 0.1) is 16.8 Å². The van der Waals surface area contributed by atoms with Crippen LogP contribution in [-0.2, 0) is 0 Å². The van der Waals surface area contributed by atoms with Gasteiger partial charge < -0.3 is 11.1 Å². The maximum Gasteiger partial charge on any atom is 0.266 e. The number of nitrogens with zero attached hydrogens (tertiary/aromatic N) is 1. The Labute approximate surface area is 118 Å². The first kappa shape index (κ1) is 12.6. The number of aromatic nitrogens is 1. The summed E-state index contributed by atoms with van der Waals surface area (Å²) in [4.78, 5) is 16.6. The Bertz CT molecular complexity index is 783. The first-order valence-electron chi connectivity index (χ1n) is 5.84. The van der Waals surface area contributed by atoms with Gasteiger partial charge in [0.25, 0.3) is 5.91 Å². The number of nitrogens with one attached hydrogen (secondary N) is 1. The van der Waals surface area contributed by atoms with Crippen LogP contribution in [0.2, 0.25) is 0 Å². The van der Waals surface area contributed by atoms with Gasteiger partial charge in [-0.1, -0.05) is 6.07 Å². The van der Waals surface area contributed by atoms with E-state index in [1.807, 2.05) is 0 Å². The molecule has 0 aliphatic rings. The molecule has 3 aromatic rings. The standard InChI is InChI=1S/C14H10FN3OS/c15-9-2-1-8-5-12(20-11(8)6-9)14(19)18-13-4-3-10(16)7-17-13/h1-7H,16H2,(H,17,18,19). The van der Waals surface area contributed by atoms with Crippen LogP contribution in [0.1, 0.15) is 9.67 Å². The van der Waals surface area contributed by atoms with E-state index >= 15 is 0 Å². The Morgan fingerprint density at radius 3 is 2.85 bits per heavy atom. The zero-order chi connectivity index (χ0) is 14.1. The molecule has 20 heavy (non-hydrogen) atoms. The van der Waals surface area contributed by atoms with Gasteiger partial charge in [-0.15, -0.1) is 11.3 Å². The summed E-state index contributed by atoms with van der Waals surface area (Å²) in [7, 11) is 0. The van der Waals surface area contributed by atoms with E-state index in [1.54, 1.807) is 24.3 Å². The molecule has 6 heteroatoms. The van der Waals surface area contributed by atoms with E-state index in [-0.39, 0.29) is 11.7 Å². The Kier molecular flexibility index (Phi) is 3.08. The molecule has 0 bridgehead atoms. The third-order valence-electron chi connectivity index (χ3n) is 2.73. The number of halogens is 1. The second-order valence-corrected chi connectivity index (χ2v) is 5.31. The summed E-state index contributed by atoms with van der Waals surface area (Å²) in [5.74, 6) is -0.164. The maximum atomic E-state index is 13.1. The van der Waals surface area contributed by atoms with Crippen molar-refractivity contribution >= 4 is 38.8 Å². The lowest BCUT2D eigenvalue weighted by Crippen LogP contribution is -2.11. The number of fused-ring (bicyclic) bond motifs is 1. The average Bonchev–Trinajstić information content (AvgIpc) is 2.84. The van der Waals surface area contributed by atoms with Crippen molar-refractivity contribution in [2.45, 2.75) is 0 Å². The van der Waals surface area contributed by atoms with Crippen LogP contribution in [0, 0.1) is 5.82 Å². The largest absolute Gasteiger partial charge is 0.397 e. The number of carbonyl (C=O) groups excluding carboxylic acids is 1. The van der Waals surface area contributed by atoms with Crippen molar-refractivity contribution in [3.8, 4) is 0 Å². The Hall–Kier alpha value is -2.47. The van der Waals surface area contributed by atoms with Crippen molar-refractivity contribution in [2.24, 2.45) is 0 Å². The molecule has 0 radical (unpaired) electrons. The molecule has 4 nitrogen and oxygen atoms in total. The van der Waals surface area contributed by atoms with E-state index in [2.05, 4.69) is 10.3 Å². The van der Waals surface area contributed by atoms with Crippen molar-refractivity contribution in [3.05, 3.63) is 53.3 Å². The molecule has 1 aromatic carbocycles. The monoisotopic (exact) mass is 287 g/mol. The number of nitrogen functional groups attached to an aromatic ring is 1. The number of benzene rings is 1. The fourth-order valence-corrected chi connectivity index (χ4v) is 2.76. The lowest BCUT2D eigenvalue weighted by Gasteiger charge is -2.02. The molecule has 100 valence electrons. The molecule has 0 spiro atoms. The number of anilines is 2. The van der Waals surface area contributed by atoms with Gasteiger partial charge in [0.1, 0.15) is 11.6 Å². The first-order valence-corrected chi connectivity index (χ1v) is 6.65. The second-order valence-electron chi connectivity index (χ2n) is 4.22. The summed E-state index contributed by atoms with van der Waals surface area (Å²) in [5.41, 5.74) is 6.05. The van der Waals surface area contributed by atoms with Gasteiger partial charge in [-0.2, -0.15) is 0 Å². The van der Waals surface area contributed by atoms with Crippen LogP contribution in [0.15, 0.2) is 42.6 Å². The van der Waals surface area contributed by atoms with Crippen LogP contribution in [0.5, 0.6) is 0 Å². The van der Waals surface area contributed by atoms with Crippen molar-refractivity contribution in [1.29, 1.82) is 0 Å². The molecule has 0 saturated heterocycles. The predicted molar refractivity (Wildman–Crippen MR) is 78.4 cm³/mol. The van der Waals surface area contributed by atoms with Crippen LogP contribution in [0.25, 0.3) is 10.1 Å². The van der Waals surface area contributed by atoms with E-state index < -0.39 is 0 Å². The highest BCUT2D eigenvalue weighted by Gasteiger charge is 2.11. The molecular weight excluding hydrogens is 277 g/mol. The maximum absolute atomic E-state index is 13.1. The summed E-state index contributed by atoms with van der Waals surface area (Å²) in [6.45, 7) is 0.